The summed E-state index contributed by atoms with van der Waals surface area (Å²) in [4.78, 5) is 0. The fraction of sp³-hybridized carbons (Fsp3) is 0.231. The Morgan fingerprint density at radius 1 is 0.935 bits per heavy atom. The third kappa shape index (κ3) is 4.52. The van der Waals surface area contributed by atoms with Gasteiger partial charge < -0.3 is 9.88 Å². The zero-order valence-corrected chi connectivity index (χ0v) is 17.6. The molecule has 0 fully saturated rings. The van der Waals surface area contributed by atoms with Crippen LogP contribution >= 0.6 is 0 Å². The highest BCUT2D eigenvalue weighted by molar-refractivity contribution is 5.96. The summed E-state index contributed by atoms with van der Waals surface area (Å²) in [6.45, 7) is 5.69. The van der Waals surface area contributed by atoms with Gasteiger partial charge in [0, 0.05) is 41.8 Å². The molecule has 0 saturated carbocycles. The van der Waals surface area contributed by atoms with Crippen LogP contribution in [-0.4, -0.2) is 4.57 Å². The first-order valence-corrected chi connectivity index (χ1v) is 10.4. The molecule has 0 saturated heterocycles. The number of benzene rings is 3. The van der Waals surface area contributed by atoms with Crippen molar-refractivity contribution in [1.82, 2.24) is 9.88 Å². The molecule has 0 aliphatic rings. The van der Waals surface area contributed by atoms with Crippen LogP contribution in [0.15, 0.2) is 79.0 Å². The average molecular weight is 422 g/mol. The van der Waals surface area contributed by atoms with E-state index >= 15 is 0 Å². The maximum absolute atomic E-state index is 12.9. The minimum atomic E-state index is -4.33. The van der Waals surface area contributed by atoms with Crippen LogP contribution in [0.5, 0.6) is 0 Å². The number of fused-ring (bicyclic) bond motifs is 1. The third-order valence-electron chi connectivity index (χ3n) is 5.72. The second-order valence-corrected chi connectivity index (χ2v) is 7.77. The van der Waals surface area contributed by atoms with Crippen LogP contribution in [0, 0.1) is 0 Å². The summed E-state index contributed by atoms with van der Waals surface area (Å²) < 4.78 is 41.0. The topological polar surface area (TPSA) is 17.0 Å². The first-order valence-electron chi connectivity index (χ1n) is 10.4. The van der Waals surface area contributed by atoms with Crippen molar-refractivity contribution in [1.29, 1.82) is 0 Å². The Hall–Kier alpha value is -3.05. The molecule has 0 unspecified atom stereocenters. The minimum Gasteiger partial charge on any atom is -0.347 e. The van der Waals surface area contributed by atoms with Crippen molar-refractivity contribution in [3.63, 3.8) is 0 Å². The van der Waals surface area contributed by atoms with E-state index in [4.69, 9.17) is 0 Å². The number of nitrogens with zero attached hydrogens (tertiary/aromatic N) is 1. The van der Waals surface area contributed by atoms with Gasteiger partial charge in [0.15, 0.2) is 0 Å². The monoisotopic (exact) mass is 422 g/mol. The van der Waals surface area contributed by atoms with Crippen molar-refractivity contribution < 1.29 is 13.2 Å². The maximum Gasteiger partial charge on any atom is 0.416 e. The number of nitrogens with one attached hydrogen (secondary N) is 1. The Balaban J connectivity index is 1.64. The molecule has 0 aliphatic carbocycles. The summed E-state index contributed by atoms with van der Waals surface area (Å²) >= 11 is 0. The molecule has 0 bridgehead atoms. The standard InChI is InChI=1S/C26H25F3N2/c1-3-31-17-24(21-10-12-22(13-11-21)26(27,28)29)23-15-19(9-14-25(23)31)16-30-18(2)20-7-5-4-6-8-20/h4-15,17-18,30H,3,16H2,1-2H3/t18-/m1/s1. The summed E-state index contributed by atoms with van der Waals surface area (Å²) in [5.74, 6) is 0. The Morgan fingerprint density at radius 2 is 1.65 bits per heavy atom. The quantitative estimate of drug-likeness (QED) is 0.348. The number of halogens is 3. The van der Waals surface area contributed by atoms with E-state index in [9.17, 15) is 13.2 Å². The molecule has 5 heteroatoms. The van der Waals surface area contributed by atoms with Crippen LogP contribution in [0.4, 0.5) is 13.2 Å². The Morgan fingerprint density at radius 3 is 2.29 bits per heavy atom. The predicted molar refractivity (Wildman–Crippen MR) is 120 cm³/mol. The number of aryl methyl sites for hydroxylation is 1. The van der Waals surface area contributed by atoms with Crippen molar-refractivity contribution in [3.8, 4) is 11.1 Å². The van der Waals surface area contributed by atoms with E-state index in [1.807, 2.05) is 24.4 Å². The number of alkyl halides is 3. The molecule has 31 heavy (non-hydrogen) atoms. The van der Waals surface area contributed by atoms with Gasteiger partial charge >= 0.3 is 6.18 Å². The van der Waals surface area contributed by atoms with Gasteiger partial charge in [-0.3, -0.25) is 0 Å². The second-order valence-electron chi connectivity index (χ2n) is 7.77. The van der Waals surface area contributed by atoms with Crippen LogP contribution in [0.25, 0.3) is 22.0 Å². The second kappa shape index (κ2) is 8.60. The first-order chi connectivity index (χ1) is 14.9. The summed E-state index contributed by atoms with van der Waals surface area (Å²) in [6, 6.07) is 22.2. The Bertz CT molecular complexity index is 1160. The highest BCUT2D eigenvalue weighted by atomic mass is 19.4. The van der Waals surface area contributed by atoms with E-state index in [0.717, 1.165) is 46.3 Å². The van der Waals surface area contributed by atoms with E-state index in [1.165, 1.54) is 5.56 Å². The molecule has 4 rings (SSSR count). The van der Waals surface area contributed by atoms with E-state index in [0.29, 0.717) is 6.54 Å². The number of hydrogen-bond donors (Lipinski definition) is 1. The van der Waals surface area contributed by atoms with Gasteiger partial charge in [-0.2, -0.15) is 13.2 Å². The van der Waals surface area contributed by atoms with E-state index in [-0.39, 0.29) is 6.04 Å². The van der Waals surface area contributed by atoms with Crippen molar-refractivity contribution in [2.24, 2.45) is 0 Å². The molecule has 0 aliphatic heterocycles. The van der Waals surface area contributed by atoms with E-state index in [1.54, 1.807) is 12.1 Å². The largest absolute Gasteiger partial charge is 0.416 e. The van der Waals surface area contributed by atoms with Crippen molar-refractivity contribution in [2.75, 3.05) is 0 Å². The fourth-order valence-electron chi connectivity index (χ4n) is 3.92. The third-order valence-corrected chi connectivity index (χ3v) is 5.72. The average Bonchev–Trinajstić information content (AvgIpc) is 3.15. The van der Waals surface area contributed by atoms with Gasteiger partial charge in [-0.05, 0) is 54.8 Å². The minimum absolute atomic E-state index is 0.214. The van der Waals surface area contributed by atoms with Gasteiger partial charge in [-0.1, -0.05) is 48.5 Å². The van der Waals surface area contributed by atoms with Crippen LogP contribution < -0.4 is 5.32 Å². The Labute approximate surface area is 180 Å². The predicted octanol–water partition coefficient (Wildman–Crippen LogP) is 7.20. The lowest BCUT2D eigenvalue weighted by Gasteiger charge is -2.14. The fourth-order valence-corrected chi connectivity index (χ4v) is 3.92. The van der Waals surface area contributed by atoms with Crippen molar-refractivity contribution in [3.05, 3.63) is 95.7 Å². The van der Waals surface area contributed by atoms with Gasteiger partial charge in [0.05, 0.1) is 5.56 Å². The molecule has 1 N–H and O–H groups in total. The summed E-state index contributed by atoms with van der Waals surface area (Å²) in [6.07, 6.45) is -2.30. The zero-order chi connectivity index (χ0) is 22.0. The van der Waals surface area contributed by atoms with Crippen molar-refractivity contribution >= 4 is 10.9 Å². The molecule has 1 heterocycles. The molecule has 3 aromatic carbocycles. The lowest BCUT2D eigenvalue weighted by molar-refractivity contribution is -0.137. The van der Waals surface area contributed by atoms with Gasteiger partial charge in [0.1, 0.15) is 0 Å². The highest BCUT2D eigenvalue weighted by Crippen LogP contribution is 2.34. The normalized spacial score (nSPS) is 12.9. The highest BCUT2D eigenvalue weighted by Gasteiger charge is 2.30. The Kier molecular flexibility index (Phi) is 5.88. The summed E-state index contributed by atoms with van der Waals surface area (Å²) in [5.41, 5.74) is 4.55. The molecular formula is C26H25F3N2. The van der Waals surface area contributed by atoms with E-state index < -0.39 is 11.7 Å². The molecule has 1 aromatic heterocycles. The van der Waals surface area contributed by atoms with Crippen LogP contribution in [0.3, 0.4) is 0 Å². The molecule has 2 nitrogen and oxygen atoms in total. The van der Waals surface area contributed by atoms with E-state index in [2.05, 4.69) is 54.1 Å². The van der Waals surface area contributed by atoms with Crippen LogP contribution in [0.2, 0.25) is 0 Å². The zero-order valence-electron chi connectivity index (χ0n) is 17.6. The molecule has 4 aromatic rings. The van der Waals surface area contributed by atoms with Gasteiger partial charge in [-0.25, -0.2) is 0 Å². The lowest BCUT2D eigenvalue weighted by Crippen LogP contribution is -2.17. The summed E-state index contributed by atoms with van der Waals surface area (Å²) in [7, 11) is 0. The molecule has 160 valence electrons. The van der Waals surface area contributed by atoms with Crippen molar-refractivity contribution in [2.45, 2.75) is 39.2 Å². The van der Waals surface area contributed by atoms with Crippen LogP contribution in [-0.2, 0) is 19.3 Å². The van der Waals surface area contributed by atoms with Crippen LogP contribution in [0.1, 0.15) is 36.6 Å². The van der Waals surface area contributed by atoms with Gasteiger partial charge in [0.25, 0.3) is 0 Å². The summed E-state index contributed by atoms with van der Waals surface area (Å²) in [5, 5.41) is 4.60. The smallest absolute Gasteiger partial charge is 0.347 e. The number of rotatable bonds is 6. The number of hydrogen-bond acceptors (Lipinski definition) is 1. The first kappa shape index (κ1) is 21.2. The lowest BCUT2D eigenvalue weighted by atomic mass is 10.0. The SMILES string of the molecule is CCn1cc(-c2ccc(C(F)(F)F)cc2)c2cc(CN[C@H](C)c3ccccc3)ccc21. The number of aromatic nitrogens is 1. The maximum atomic E-state index is 12.9. The molecule has 0 radical (unpaired) electrons. The molecule has 1 atom stereocenters. The molecular weight excluding hydrogens is 397 g/mol. The van der Waals surface area contributed by atoms with Gasteiger partial charge in [0.2, 0.25) is 0 Å². The van der Waals surface area contributed by atoms with Gasteiger partial charge in [-0.15, -0.1) is 0 Å². The molecule has 0 spiro atoms. The molecule has 0 amide bonds.